The summed E-state index contributed by atoms with van der Waals surface area (Å²) in [6.45, 7) is 3.50. The molecule has 0 aliphatic carbocycles. The van der Waals surface area contributed by atoms with Gasteiger partial charge in [0.15, 0.2) is 0 Å². The summed E-state index contributed by atoms with van der Waals surface area (Å²) in [6, 6.07) is 5.17. The molecule has 0 amide bonds. The van der Waals surface area contributed by atoms with Crippen molar-refractivity contribution in [1.82, 2.24) is 9.78 Å². The van der Waals surface area contributed by atoms with Crippen LogP contribution in [-0.4, -0.2) is 24.7 Å². The van der Waals surface area contributed by atoms with Gasteiger partial charge in [0.1, 0.15) is 0 Å². The fraction of sp³-hybridized carbons (Fsp3) is 0.308. The number of anilines is 2. The lowest BCUT2D eigenvalue weighted by atomic mass is 10.2. The second-order valence-electron chi connectivity index (χ2n) is 4.69. The predicted octanol–water partition coefficient (Wildman–Crippen LogP) is 1.67. The number of hydrogen-bond donors (Lipinski definition) is 2. The molecular weight excluding hydrogens is 276 g/mol. The molecule has 2 aromatic rings. The standard InChI is InChI=1S/C13H16N4O2S/c1-2-17-9-11(8-15-17)16-20(18,19)12-4-3-10-5-6-14-13(10)7-12/h3-4,7-9,14,16H,2,5-6H2,1H3. The second kappa shape index (κ2) is 4.82. The SMILES string of the molecule is CCn1cc(NS(=O)(=O)c2ccc3c(c2)NCC3)cn1. The first-order valence-corrected chi connectivity index (χ1v) is 7.99. The van der Waals surface area contributed by atoms with Gasteiger partial charge in [0, 0.05) is 25.0 Å². The molecule has 0 spiro atoms. The molecule has 20 heavy (non-hydrogen) atoms. The molecule has 106 valence electrons. The van der Waals surface area contributed by atoms with Crippen LogP contribution < -0.4 is 10.0 Å². The third kappa shape index (κ3) is 2.36. The van der Waals surface area contributed by atoms with Crippen LogP contribution in [0.5, 0.6) is 0 Å². The van der Waals surface area contributed by atoms with Gasteiger partial charge in [-0.05, 0) is 31.0 Å². The summed E-state index contributed by atoms with van der Waals surface area (Å²) in [4.78, 5) is 0.259. The Kier molecular flexibility index (Phi) is 3.13. The van der Waals surface area contributed by atoms with Crippen molar-refractivity contribution in [3.05, 3.63) is 36.2 Å². The molecule has 0 unspecified atom stereocenters. The third-order valence-corrected chi connectivity index (χ3v) is 4.69. The third-order valence-electron chi connectivity index (χ3n) is 3.31. The van der Waals surface area contributed by atoms with Crippen LogP contribution >= 0.6 is 0 Å². The van der Waals surface area contributed by atoms with Gasteiger partial charge >= 0.3 is 0 Å². The van der Waals surface area contributed by atoms with Crippen molar-refractivity contribution >= 4 is 21.4 Å². The van der Waals surface area contributed by atoms with Crippen LogP contribution in [0.1, 0.15) is 12.5 Å². The van der Waals surface area contributed by atoms with Gasteiger partial charge in [-0.1, -0.05) is 6.07 Å². The Hall–Kier alpha value is -2.02. The Morgan fingerprint density at radius 2 is 2.30 bits per heavy atom. The summed E-state index contributed by atoms with van der Waals surface area (Å²) < 4.78 is 28.9. The molecule has 1 aromatic carbocycles. The van der Waals surface area contributed by atoms with Crippen LogP contribution in [0.15, 0.2) is 35.5 Å². The van der Waals surface area contributed by atoms with Crippen LogP contribution in [-0.2, 0) is 23.0 Å². The highest BCUT2D eigenvalue weighted by Crippen LogP contribution is 2.26. The molecular formula is C13H16N4O2S. The van der Waals surface area contributed by atoms with E-state index in [1.165, 1.54) is 6.20 Å². The zero-order chi connectivity index (χ0) is 14.2. The largest absolute Gasteiger partial charge is 0.384 e. The van der Waals surface area contributed by atoms with Crippen molar-refractivity contribution in [3.8, 4) is 0 Å². The van der Waals surface area contributed by atoms with E-state index in [-0.39, 0.29) is 4.90 Å². The second-order valence-corrected chi connectivity index (χ2v) is 6.37. The molecule has 0 fully saturated rings. The van der Waals surface area contributed by atoms with Crippen molar-refractivity contribution in [2.24, 2.45) is 0 Å². The van der Waals surface area contributed by atoms with E-state index in [1.807, 2.05) is 13.0 Å². The number of rotatable bonds is 4. The first-order valence-electron chi connectivity index (χ1n) is 6.50. The molecule has 0 atom stereocenters. The lowest BCUT2D eigenvalue weighted by Crippen LogP contribution is -2.12. The van der Waals surface area contributed by atoms with E-state index in [1.54, 1.807) is 23.0 Å². The molecule has 0 radical (unpaired) electrons. The van der Waals surface area contributed by atoms with Gasteiger partial charge in [-0.25, -0.2) is 8.42 Å². The van der Waals surface area contributed by atoms with E-state index in [2.05, 4.69) is 15.1 Å². The maximum Gasteiger partial charge on any atom is 0.262 e. The van der Waals surface area contributed by atoms with Crippen molar-refractivity contribution < 1.29 is 8.42 Å². The van der Waals surface area contributed by atoms with Crippen molar-refractivity contribution in [1.29, 1.82) is 0 Å². The van der Waals surface area contributed by atoms with Crippen LogP contribution in [0.25, 0.3) is 0 Å². The van der Waals surface area contributed by atoms with Gasteiger partial charge in [-0.2, -0.15) is 5.10 Å². The molecule has 1 aliphatic heterocycles. The van der Waals surface area contributed by atoms with Crippen LogP contribution in [0.3, 0.4) is 0 Å². The minimum absolute atomic E-state index is 0.259. The number of hydrogen-bond acceptors (Lipinski definition) is 4. The van der Waals surface area contributed by atoms with Crippen molar-refractivity contribution in [2.75, 3.05) is 16.6 Å². The molecule has 7 heteroatoms. The first kappa shape index (κ1) is 13.0. The molecule has 1 aromatic heterocycles. The van der Waals surface area contributed by atoms with Crippen molar-refractivity contribution in [3.63, 3.8) is 0 Å². The quantitative estimate of drug-likeness (QED) is 0.899. The number of nitrogens with zero attached hydrogens (tertiary/aromatic N) is 2. The van der Waals surface area contributed by atoms with Crippen LogP contribution in [0, 0.1) is 0 Å². The summed E-state index contributed by atoms with van der Waals surface area (Å²) in [5, 5.41) is 7.23. The first-order chi connectivity index (χ1) is 9.58. The molecule has 0 saturated heterocycles. The lowest BCUT2D eigenvalue weighted by Gasteiger charge is -2.08. The minimum Gasteiger partial charge on any atom is -0.384 e. The van der Waals surface area contributed by atoms with Gasteiger partial charge < -0.3 is 5.32 Å². The topological polar surface area (TPSA) is 76.0 Å². The van der Waals surface area contributed by atoms with Gasteiger partial charge in [0.05, 0.1) is 16.8 Å². The maximum absolute atomic E-state index is 12.3. The molecule has 0 bridgehead atoms. The average molecular weight is 292 g/mol. The highest BCUT2D eigenvalue weighted by Gasteiger charge is 2.18. The number of aromatic nitrogens is 2. The van der Waals surface area contributed by atoms with Gasteiger partial charge in [-0.15, -0.1) is 0 Å². The Bertz CT molecular complexity index is 737. The number of sulfonamides is 1. The van der Waals surface area contributed by atoms with E-state index in [9.17, 15) is 8.42 Å². The van der Waals surface area contributed by atoms with E-state index in [0.717, 1.165) is 24.2 Å². The zero-order valence-electron chi connectivity index (χ0n) is 11.1. The van der Waals surface area contributed by atoms with Gasteiger partial charge in [-0.3, -0.25) is 9.40 Å². The average Bonchev–Trinajstić information content (AvgIpc) is 3.05. The molecule has 0 saturated carbocycles. The predicted molar refractivity (Wildman–Crippen MR) is 77.3 cm³/mol. The number of nitrogens with one attached hydrogen (secondary N) is 2. The number of aryl methyl sites for hydroxylation is 1. The van der Waals surface area contributed by atoms with E-state index < -0.39 is 10.0 Å². The Morgan fingerprint density at radius 3 is 3.05 bits per heavy atom. The molecule has 1 aliphatic rings. The fourth-order valence-corrected chi connectivity index (χ4v) is 3.29. The van der Waals surface area contributed by atoms with E-state index >= 15 is 0 Å². The lowest BCUT2D eigenvalue weighted by molar-refractivity contribution is 0.601. The molecule has 6 nitrogen and oxygen atoms in total. The molecule has 2 heterocycles. The fourth-order valence-electron chi connectivity index (χ4n) is 2.24. The van der Waals surface area contributed by atoms with E-state index in [4.69, 9.17) is 0 Å². The molecule has 3 rings (SSSR count). The maximum atomic E-state index is 12.3. The Balaban J connectivity index is 1.88. The summed E-state index contributed by atoms with van der Waals surface area (Å²) >= 11 is 0. The number of benzene rings is 1. The summed E-state index contributed by atoms with van der Waals surface area (Å²) in [5.74, 6) is 0. The Labute approximate surface area is 117 Å². The highest BCUT2D eigenvalue weighted by atomic mass is 32.2. The van der Waals surface area contributed by atoms with E-state index in [0.29, 0.717) is 12.2 Å². The monoisotopic (exact) mass is 292 g/mol. The minimum atomic E-state index is -3.57. The smallest absolute Gasteiger partial charge is 0.262 e. The zero-order valence-corrected chi connectivity index (χ0v) is 11.9. The normalized spacial score (nSPS) is 13.8. The van der Waals surface area contributed by atoms with Crippen LogP contribution in [0.2, 0.25) is 0 Å². The summed E-state index contributed by atoms with van der Waals surface area (Å²) in [7, 11) is -3.57. The number of fused-ring (bicyclic) bond motifs is 1. The summed E-state index contributed by atoms with van der Waals surface area (Å²) in [5.41, 5.74) is 2.53. The van der Waals surface area contributed by atoms with Crippen LogP contribution in [0.4, 0.5) is 11.4 Å². The summed E-state index contributed by atoms with van der Waals surface area (Å²) in [6.07, 6.45) is 4.11. The highest BCUT2D eigenvalue weighted by molar-refractivity contribution is 7.92. The molecule has 2 N–H and O–H groups in total. The van der Waals surface area contributed by atoms with Gasteiger partial charge in [0.2, 0.25) is 0 Å². The Morgan fingerprint density at radius 1 is 1.45 bits per heavy atom. The van der Waals surface area contributed by atoms with Crippen molar-refractivity contribution in [2.45, 2.75) is 24.8 Å². The van der Waals surface area contributed by atoms with Gasteiger partial charge in [0.25, 0.3) is 10.0 Å².